The molecule has 2 N–H and O–H groups in total. The molecule has 2 heteroatoms. The molecular weight excluding hydrogens is 166 g/mol. The SMILES string of the molecule is C[C@@H](N)c1csc2ccccc12. The minimum absolute atomic E-state index is 0.140. The summed E-state index contributed by atoms with van der Waals surface area (Å²) < 4.78 is 1.32. The van der Waals surface area contributed by atoms with Crippen molar-refractivity contribution in [3.05, 3.63) is 35.2 Å². The van der Waals surface area contributed by atoms with E-state index < -0.39 is 0 Å². The molecule has 0 spiro atoms. The lowest BCUT2D eigenvalue weighted by atomic mass is 10.1. The normalized spacial score (nSPS) is 13.5. The van der Waals surface area contributed by atoms with Crippen LogP contribution in [0.4, 0.5) is 0 Å². The van der Waals surface area contributed by atoms with Crippen molar-refractivity contribution in [3.8, 4) is 0 Å². The molecule has 1 nitrogen and oxygen atoms in total. The summed E-state index contributed by atoms with van der Waals surface area (Å²) >= 11 is 1.76. The Morgan fingerprint density at radius 1 is 1.33 bits per heavy atom. The first-order chi connectivity index (χ1) is 5.79. The molecule has 1 atom stereocenters. The van der Waals surface area contributed by atoms with E-state index in [0.29, 0.717) is 0 Å². The molecule has 2 rings (SSSR count). The molecular formula is C10H11NS. The number of nitrogens with two attached hydrogens (primary N) is 1. The molecule has 0 unspecified atom stereocenters. The van der Waals surface area contributed by atoms with Gasteiger partial charge in [-0.15, -0.1) is 11.3 Å². The van der Waals surface area contributed by atoms with Crippen molar-refractivity contribution in [1.29, 1.82) is 0 Å². The first-order valence-corrected chi connectivity index (χ1v) is 4.88. The van der Waals surface area contributed by atoms with Gasteiger partial charge in [0.05, 0.1) is 0 Å². The maximum atomic E-state index is 5.83. The van der Waals surface area contributed by atoms with Gasteiger partial charge in [0, 0.05) is 10.7 Å². The first-order valence-electron chi connectivity index (χ1n) is 4.01. The third kappa shape index (κ3) is 1.13. The highest BCUT2D eigenvalue weighted by molar-refractivity contribution is 7.17. The Hall–Kier alpha value is -0.860. The second-order valence-corrected chi connectivity index (χ2v) is 3.89. The Labute approximate surface area is 75.8 Å². The van der Waals surface area contributed by atoms with Crippen LogP contribution >= 0.6 is 11.3 Å². The fraction of sp³-hybridized carbons (Fsp3) is 0.200. The molecule has 0 radical (unpaired) electrons. The summed E-state index contributed by atoms with van der Waals surface area (Å²) in [5, 5.41) is 3.45. The molecule has 0 saturated carbocycles. The lowest BCUT2D eigenvalue weighted by molar-refractivity contribution is 0.830. The van der Waals surface area contributed by atoms with Crippen LogP contribution in [-0.4, -0.2) is 0 Å². The second-order valence-electron chi connectivity index (χ2n) is 2.98. The maximum Gasteiger partial charge on any atom is 0.0346 e. The van der Waals surface area contributed by atoms with Gasteiger partial charge >= 0.3 is 0 Å². The third-order valence-corrected chi connectivity index (χ3v) is 2.98. The average molecular weight is 177 g/mol. The molecule has 1 aromatic carbocycles. The second kappa shape index (κ2) is 2.88. The van der Waals surface area contributed by atoms with Gasteiger partial charge in [0.15, 0.2) is 0 Å². The van der Waals surface area contributed by atoms with E-state index in [1.165, 1.54) is 15.6 Å². The van der Waals surface area contributed by atoms with E-state index in [9.17, 15) is 0 Å². The predicted molar refractivity (Wildman–Crippen MR) is 54.4 cm³/mol. The van der Waals surface area contributed by atoms with Crippen LogP contribution in [0.15, 0.2) is 29.6 Å². The Balaban J connectivity index is 2.70. The smallest absolute Gasteiger partial charge is 0.0346 e. The van der Waals surface area contributed by atoms with Crippen LogP contribution in [-0.2, 0) is 0 Å². The van der Waals surface area contributed by atoms with Gasteiger partial charge in [0.25, 0.3) is 0 Å². The van der Waals surface area contributed by atoms with Crippen molar-refractivity contribution in [2.45, 2.75) is 13.0 Å². The zero-order chi connectivity index (χ0) is 8.55. The first kappa shape index (κ1) is 7.77. The monoisotopic (exact) mass is 177 g/mol. The molecule has 2 aromatic rings. The zero-order valence-corrected chi connectivity index (χ0v) is 7.77. The lowest BCUT2D eigenvalue weighted by Gasteiger charge is -2.01. The lowest BCUT2D eigenvalue weighted by Crippen LogP contribution is -2.03. The van der Waals surface area contributed by atoms with Gasteiger partial charge in [-0.1, -0.05) is 18.2 Å². The van der Waals surface area contributed by atoms with E-state index in [-0.39, 0.29) is 6.04 Å². The quantitative estimate of drug-likeness (QED) is 0.712. The highest BCUT2D eigenvalue weighted by Gasteiger charge is 2.05. The van der Waals surface area contributed by atoms with Crippen LogP contribution in [0.3, 0.4) is 0 Å². The number of fused-ring (bicyclic) bond motifs is 1. The summed E-state index contributed by atoms with van der Waals surface area (Å²) in [6.45, 7) is 2.02. The Bertz CT molecular complexity index is 389. The van der Waals surface area contributed by atoms with Crippen molar-refractivity contribution in [2.75, 3.05) is 0 Å². The van der Waals surface area contributed by atoms with E-state index in [2.05, 4.69) is 29.6 Å². The summed E-state index contributed by atoms with van der Waals surface area (Å²) in [5.41, 5.74) is 7.09. The van der Waals surface area contributed by atoms with Gasteiger partial charge in [0.2, 0.25) is 0 Å². The van der Waals surface area contributed by atoms with E-state index in [4.69, 9.17) is 5.73 Å². The van der Waals surface area contributed by atoms with E-state index in [0.717, 1.165) is 0 Å². The molecule has 12 heavy (non-hydrogen) atoms. The van der Waals surface area contributed by atoms with Crippen LogP contribution in [0, 0.1) is 0 Å². The number of hydrogen-bond acceptors (Lipinski definition) is 2. The number of benzene rings is 1. The maximum absolute atomic E-state index is 5.83. The Morgan fingerprint density at radius 3 is 2.83 bits per heavy atom. The Kier molecular flexibility index (Phi) is 1.87. The van der Waals surface area contributed by atoms with Crippen molar-refractivity contribution in [1.82, 2.24) is 0 Å². The number of rotatable bonds is 1. The van der Waals surface area contributed by atoms with Crippen LogP contribution in [0.5, 0.6) is 0 Å². The van der Waals surface area contributed by atoms with Crippen LogP contribution in [0.25, 0.3) is 10.1 Å². The zero-order valence-electron chi connectivity index (χ0n) is 6.95. The molecule has 0 amide bonds. The van der Waals surface area contributed by atoms with E-state index >= 15 is 0 Å². The van der Waals surface area contributed by atoms with Gasteiger partial charge in [-0.25, -0.2) is 0 Å². The van der Waals surface area contributed by atoms with Crippen molar-refractivity contribution in [3.63, 3.8) is 0 Å². The van der Waals surface area contributed by atoms with Gasteiger partial charge in [-0.2, -0.15) is 0 Å². The molecule has 0 bridgehead atoms. The minimum atomic E-state index is 0.140. The fourth-order valence-electron chi connectivity index (χ4n) is 1.35. The van der Waals surface area contributed by atoms with Gasteiger partial charge < -0.3 is 5.73 Å². The summed E-state index contributed by atoms with van der Waals surface area (Å²) in [6, 6.07) is 8.52. The topological polar surface area (TPSA) is 26.0 Å². The van der Waals surface area contributed by atoms with Gasteiger partial charge in [-0.05, 0) is 29.3 Å². The van der Waals surface area contributed by atoms with Crippen molar-refractivity contribution < 1.29 is 0 Å². The third-order valence-electron chi connectivity index (χ3n) is 2.00. The largest absolute Gasteiger partial charge is 0.324 e. The number of thiophene rings is 1. The standard InChI is InChI=1S/C10H11NS/c1-7(11)9-6-12-10-5-3-2-4-8(9)10/h2-7H,11H2,1H3/t7-/m1/s1. The molecule has 62 valence electrons. The summed E-state index contributed by atoms with van der Waals surface area (Å²) in [6.07, 6.45) is 0. The molecule has 0 fully saturated rings. The molecule has 0 saturated heterocycles. The van der Waals surface area contributed by atoms with E-state index in [1.807, 2.05) is 6.92 Å². The molecule has 0 aliphatic rings. The molecule has 0 aliphatic heterocycles. The summed E-state index contributed by atoms with van der Waals surface area (Å²) in [7, 11) is 0. The highest BCUT2D eigenvalue weighted by Crippen LogP contribution is 2.28. The number of hydrogen-bond donors (Lipinski definition) is 1. The average Bonchev–Trinajstić information content (AvgIpc) is 2.47. The fourth-order valence-corrected chi connectivity index (χ4v) is 2.42. The minimum Gasteiger partial charge on any atom is -0.324 e. The van der Waals surface area contributed by atoms with Crippen molar-refractivity contribution in [2.24, 2.45) is 5.73 Å². The van der Waals surface area contributed by atoms with Gasteiger partial charge in [0.1, 0.15) is 0 Å². The molecule has 0 aliphatic carbocycles. The van der Waals surface area contributed by atoms with Crippen LogP contribution in [0.2, 0.25) is 0 Å². The summed E-state index contributed by atoms with van der Waals surface area (Å²) in [4.78, 5) is 0. The van der Waals surface area contributed by atoms with Crippen LogP contribution < -0.4 is 5.73 Å². The van der Waals surface area contributed by atoms with Crippen LogP contribution in [0.1, 0.15) is 18.5 Å². The predicted octanol–water partition coefficient (Wildman–Crippen LogP) is 2.92. The van der Waals surface area contributed by atoms with Crippen molar-refractivity contribution >= 4 is 21.4 Å². The van der Waals surface area contributed by atoms with E-state index in [1.54, 1.807) is 11.3 Å². The molecule has 1 heterocycles. The highest BCUT2D eigenvalue weighted by atomic mass is 32.1. The van der Waals surface area contributed by atoms with Gasteiger partial charge in [-0.3, -0.25) is 0 Å². The Morgan fingerprint density at radius 2 is 2.08 bits per heavy atom. The molecule has 1 aromatic heterocycles. The summed E-state index contributed by atoms with van der Waals surface area (Å²) in [5.74, 6) is 0.